The van der Waals surface area contributed by atoms with Crippen LogP contribution in [0.25, 0.3) is 6.08 Å². The van der Waals surface area contributed by atoms with E-state index in [1.54, 1.807) is 29.7 Å². The standard InChI is InChI=1S/C20H20ClN3O5S2/c21-17-5-1-3-13(16(17)11-22)4-2-10-31(27,28)24-20-23-15(12-30-20)7-6-14-8-9-29-18(14)19(25)26/h1-5,8-9,12H,6-7,10-11,22H2,(H,23,24)(H,25,26). The molecule has 4 N–H and O–H groups in total. The van der Waals surface area contributed by atoms with Gasteiger partial charge in [0.05, 0.1) is 17.7 Å². The molecule has 0 atom stereocenters. The van der Waals surface area contributed by atoms with Gasteiger partial charge in [-0.25, -0.2) is 18.2 Å². The summed E-state index contributed by atoms with van der Waals surface area (Å²) in [4.78, 5) is 15.3. The van der Waals surface area contributed by atoms with Gasteiger partial charge in [-0.1, -0.05) is 35.9 Å². The second-order valence-electron chi connectivity index (χ2n) is 6.52. The van der Waals surface area contributed by atoms with Gasteiger partial charge >= 0.3 is 5.97 Å². The Kier molecular flexibility index (Phi) is 7.50. The Balaban J connectivity index is 1.58. The number of thiazole rings is 1. The molecule has 0 spiro atoms. The lowest BCUT2D eigenvalue weighted by atomic mass is 10.1. The third kappa shape index (κ3) is 6.17. The number of carboxylic acid groups (broad SMARTS) is 1. The lowest BCUT2D eigenvalue weighted by Crippen LogP contribution is -2.15. The fraction of sp³-hybridized carbons (Fsp3) is 0.200. The zero-order valence-electron chi connectivity index (χ0n) is 16.2. The van der Waals surface area contributed by atoms with Gasteiger partial charge in [-0.3, -0.25) is 4.72 Å². The van der Waals surface area contributed by atoms with Crippen LogP contribution in [-0.2, 0) is 29.4 Å². The zero-order chi connectivity index (χ0) is 22.4. The van der Waals surface area contributed by atoms with Crippen LogP contribution in [0.3, 0.4) is 0 Å². The van der Waals surface area contributed by atoms with E-state index < -0.39 is 16.0 Å². The van der Waals surface area contributed by atoms with E-state index in [1.165, 1.54) is 12.3 Å². The first-order valence-electron chi connectivity index (χ1n) is 9.17. The van der Waals surface area contributed by atoms with Crippen molar-refractivity contribution < 1.29 is 22.7 Å². The van der Waals surface area contributed by atoms with Gasteiger partial charge in [0, 0.05) is 22.5 Å². The number of nitrogens with one attached hydrogen (secondary N) is 1. The molecular weight excluding hydrogens is 462 g/mol. The maximum absolute atomic E-state index is 12.4. The van der Waals surface area contributed by atoms with Crippen molar-refractivity contribution in [3.8, 4) is 0 Å². The van der Waals surface area contributed by atoms with Crippen LogP contribution in [0.2, 0.25) is 5.02 Å². The van der Waals surface area contributed by atoms with E-state index in [-0.39, 0.29) is 23.2 Å². The summed E-state index contributed by atoms with van der Waals surface area (Å²) in [6.07, 6.45) is 5.39. The number of sulfonamides is 1. The van der Waals surface area contributed by atoms with Gasteiger partial charge in [-0.05, 0) is 36.1 Å². The predicted molar refractivity (Wildman–Crippen MR) is 121 cm³/mol. The normalized spacial score (nSPS) is 11.8. The van der Waals surface area contributed by atoms with Gasteiger partial charge in [0.2, 0.25) is 15.8 Å². The smallest absolute Gasteiger partial charge is 0.372 e. The van der Waals surface area contributed by atoms with E-state index >= 15 is 0 Å². The molecule has 31 heavy (non-hydrogen) atoms. The van der Waals surface area contributed by atoms with Crippen LogP contribution in [-0.4, -0.2) is 30.2 Å². The molecule has 0 amide bonds. The molecule has 0 bridgehead atoms. The SMILES string of the molecule is NCc1c(Cl)cccc1C=CCS(=O)(=O)Nc1nc(CCc2ccoc2C(=O)O)cs1. The Morgan fingerprint density at radius 2 is 2.13 bits per heavy atom. The highest BCUT2D eigenvalue weighted by Crippen LogP contribution is 2.22. The Hall–Kier alpha value is -2.66. The number of rotatable bonds is 10. The van der Waals surface area contributed by atoms with Crippen molar-refractivity contribution >= 4 is 50.1 Å². The zero-order valence-corrected chi connectivity index (χ0v) is 18.6. The number of hydrogen-bond donors (Lipinski definition) is 3. The lowest BCUT2D eigenvalue weighted by molar-refractivity contribution is 0.0660. The van der Waals surface area contributed by atoms with Crippen molar-refractivity contribution in [1.29, 1.82) is 0 Å². The highest BCUT2D eigenvalue weighted by molar-refractivity contribution is 7.93. The van der Waals surface area contributed by atoms with Crippen LogP contribution >= 0.6 is 22.9 Å². The summed E-state index contributed by atoms with van der Waals surface area (Å²) in [5.41, 5.74) is 8.43. The number of furan rings is 1. The average Bonchev–Trinajstić information content (AvgIpc) is 3.35. The summed E-state index contributed by atoms with van der Waals surface area (Å²) >= 11 is 7.27. The summed E-state index contributed by atoms with van der Waals surface area (Å²) in [6, 6.07) is 6.91. The van der Waals surface area contributed by atoms with Gasteiger partial charge in [-0.2, -0.15) is 0 Å². The third-order valence-corrected chi connectivity index (χ3v) is 6.78. The van der Waals surface area contributed by atoms with Crippen LogP contribution < -0.4 is 10.5 Å². The predicted octanol–water partition coefficient (Wildman–Crippen LogP) is 3.79. The summed E-state index contributed by atoms with van der Waals surface area (Å²) in [5, 5.41) is 11.6. The van der Waals surface area contributed by atoms with Crippen LogP contribution in [0.1, 0.15) is 32.9 Å². The molecule has 0 radical (unpaired) electrons. The van der Waals surface area contributed by atoms with Gasteiger partial charge in [-0.15, -0.1) is 11.3 Å². The maximum atomic E-state index is 12.4. The molecule has 164 valence electrons. The van der Waals surface area contributed by atoms with Crippen LogP contribution in [0, 0.1) is 0 Å². The number of benzene rings is 1. The molecule has 0 unspecified atom stereocenters. The second kappa shape index (κ2) is 10.1. The van der Waals surface area contributed by atoms with Crippen molar-refractivity contribution in [2.24, 2.45) is 5.73 Å². The molecule has 0 aliphatic carbocycles. The van der Waals surface area contributed by atoms with E-state index in [4.69, 9.17) is 26.9 Å². The van der Waals surface area contributed by atoms with Gasteiger partial charge in [0.1, 0.15) is 0 Å². The van der Waals surface area contributed by atoms with E-state index in [2.05, 4.69) is 9.71 Å². The minimum atomic E-state index is -3.64. The highest BCUT2D eigenvalue weighted by Gasteiger charge is 2.15. The summed E-state index contributed by atoms with van der Waals surface area (Å²) in [5.74, 6) is -1.47. The molecule has 0 saturated heterocycles. The molecule has 3 rings (SSSR count). The maximum Gasteiger partial charge on any atom is 0.372 e. The molecule has 0 aliphatic rings. The molecule has 2 heterocycles. The Bertz CT molecular complexity index is 1200. The number of nitrogens with two attached hydrogens (primary N) is 1. The van der Waals surface area contributed by atoms with E-state index in [0.29, 0.717) is 29.1 Å². The number of aromatic carboxylic acids is 1. The van der Waals surface area contributed by atoms with E-state index in [1.807, 2.05) is 6.07 Å². The van der Waals surface area contributed by atoms with Crippen molar-refractivity contribution in [1.82, 2.24) is 4.98 Å². The first-order valence-corrected chi connectivity index (χ1v) is 12.1. The van der Waals surface area contributed by atoms with E-state index in [0.717, 1.165) is 22.5 Å². The lowest BCUT2D eigenvalue weighted by Gasteiger charge is -2.06. The van der Waals surface area contributed by atoms with Gasteiger partial charge < -0.3 is 15.3 Å². The molecule has 8 nitrogen and oxygen atoms in total. The van der Waals surface area contributed by atoms with Gasteiger partial charge in [0.25, 0.3) is 0 Å². The molecule has 11 heteroatoms. The van der Waals surface area contributed by atoms with Crippen molar-refractivity contribution in [3.63, 3.8) is 0 Å². The fourth-order valence-corrected chi connectivity index (χ4v) is 5.04. The van der Waals surface area contributed by atoms with Crippen molar-refractivity contribution in [3.05, 3.63) is 75.2 Å². The van der Waals surface area contributed by atoms with E-state index in [9.17, 15) is 13.2 Å². The van der Waals surface area contributed by atoms with Crippen molar-refractivity contribution in [2.45, 2.75) is 19.4 Å². The minimum absolute atomic E-state index is 0.0968. The number of aryl methyl sites for hydroxylation is 2. The van der Waals surface area contributed by atoms with Gasteiger partial charge in [0.15, 0.2) is 5.13 Å². The van der Waals surface area contributed by atoms with Crippen molar-refractivity contribution in [2.75, 3.05) is 10.5 Å². The average molecular weight is 482 g/mol. The largest absolute Gasteiger partial charge is 0.475 e. The Labute approximate surface area is 188 Å². The van der Waals surface area contributed by atoms with Crippen LogP contribution in [0.4, 0.5) is 5.13 Å². The second-order valence-corrected chi connectivity index (χ2v) is 9.55. The Morgan fingerprint density at radius 3 is 2.87 bits per heavy atom. The molecule has 0 aliphatic heterocycles. The number of anilines is 1. The number of aromatic nitrogens is 1. The van der Waals surface area contributed by atoms with Crippen LogP contribution in [0.15, 0.2) is 46.4 Å². The minimum Gasteiger partial charge on any atom is -0.475 e. The molecule has 0 fully saturated rings. The summed E-state index contributed by atoms with van der Waals surface area (Å²) in [6.45, 7) is 0.249. The topological polar surface area (TPSA) is 136 Å². The number of hydrogen-bond acceptors (Lipinski definition) is 7. The first kappa shape index (κ1) is 23.0. The molecule has 3 aromatic rings. The molecular formula is C20H20ClN3O5S2. The number of carboxylic acids is 1. The first-order chi connectivity index (χ1) is 14.8. The molecule has 2 aromatic heterocycles. The monoisotopic (exact) mass is 481 g/mol. The summed E-state index contributed by atoms with van der Waals surface area (Å²) < 4.78 is 32.1. The fourth-order valence-electron chi connectivity index (χ4n) is 2.87. The molecule has 1 aromatic carbocycles. The quantitative estimate of drug-likeness (QED) is 0.400. The number of carbonyl (C=O) groups is 1. The summed E-state index contributed by atoms with van der Waals surface area (Å²) in [7, 11) is -3.64. The number of halogens is 1. The van der Waals surface area contributed by atoms with Crippen LogP contribution in [0.5, 0.6) is 0 Å². The third-order valence-electron chi connectivity index (χ3n) is 4.36. The highest BCUT2D eigenvalue weighted by atomic mass is 35.5. The number of nitrogens with zero attached hydrogens (tertiary/aromatic N) is 1. The molecule has 0 saturated carbocycles. The Morgan fingerprint density at radius 1 is 1.32 bits per heavy atom.